The molecule has 1 amide bonds. The van der Waals surface area contributed by atoms with Gasteiger partial charge >= 0.3 is 0 Å². The molecule has 2 aromatic rings. The van der Waals surface area contributed by atoms with Crippen molar-refractivity contribution in [2.24, 2.45) is 4.99 Å². The number of amides is 1. The molecule has 7 heteroatoms. The number of benzene rings is 1. The summed E-state index contributed by atoms with van der Waals surface area (Å²) in [6.07, 6.45) is 3.40. The fraction of sp³-hybridized carbons (Fsp3) is 0.478. The number of likely N-dealkylation sites (tertiary alicyclic amines) is 1. The predicted octanol–water partition coefficient (Wildman–Crippen LogP) is 3.34. The van der Waals surface area contributed by atoms with Gasteiger partial charge in [0.15, 0.2) is 5.96 Å². The summed E-state index contributed by atoms with van der Waals surface area (Å²) in [6, 6.07) is 9.65. The van der Waals surface area contributed by atoms with Crippen molar-refractivity contribution in [3.05, 3.63) is 57.8 Å². The van der Waals surface area contributed by atoms with Gasteiger partial charge in [-0.05, 0) is 73.2 Å². The number of aliphatic imine (C=N–C) groups is 1. The van der Waals surface area contributed by atoms with Crippen LogP contribution in [-0.4, -0.2) is 48.1 Å². The average molecular weight is 429 g/mol. The standard InChI is InChI=1S/C23H32N4O2S/c1-3-24-22(26-17-23(2,29)20-11-14-30-16-20)25-15-18-7-9-19(10-8-18)21(28)27-12-5-4-6-13-27/h7-11,14,16,29H,3-6,12-13,15,17H2,1-2H3,(H2,24,25,26). The van der Waals surface area contributed by atoms with Gasteiger partial charge in [-0.15, -0.1) is 0 Å². The van der Waals surface area contributed by atoms with Crippen LogP contribution in [0.2, 0.25) is 0 Å². The first-order chi connectivity index (χ1) is 14.5. The van der Waals surface area contributed by atoms with E-state index in [1.807, 2.05) is 52.9 Å². The highest BCUT2D eigenvalue weighted by Gasteiger charge is 2.23. The molecule has 0 saturated carbocycles. The van der Waals surface area contributed by atoms with Crippen LogP contribution in [-0.2, 0) is 12.1 Å². The minimum atomic E-state index is -0.966. The zero-order chi connectivity index (χ0) is 21.4. The van der Waals surface area contributed by atoms with Crippen molar-refractivity contribution < 1.29 is 9.90 Å². The number of carbonyl (C=O) groups excluding carboxylic acids is 1. The number of hydrogen-bond donors (Lipinski definition) is 3. The average Bonchev–Trinajstić information content (AvgIpc) is 3.32. The van der Waals surface area contributed by atoms with E-state index in [1.54, 1.807) is 18.3 Å². The van der Waals surface area contributed by atoms with E-state index in [2.05, 4.69) is 15.6 Å². The van der Waals surface area contributed by atoms with E-state index in [0.717, 1.165) is 49.2 Å². The van der Waals surface area contributed by atoms with Crippen LogP contribution in [0.3, 0.4) is 0 Å². The molecule has 6 nitrogen and oxygen atoms in total. The second-order valence-electron chi connectivity index (χ2n) is 7.88. The van der Waals surface area contributed by atoms with Gasteiger partial charge in [-0.2, -0.15) is 11.3 Å². The van der Waals surface area contributed by atoms with Crippen molar-refractivity contribution in [1.82, 2.24) is 15.5 Å². The summed E-state index contributed by atoms with van der Waals surface area (Å²) in [5.41, 5.74) is 1.70. The van der Waals surface area contributed by atoms with Crippen LogP contribution in [0.25, 0.3) is 0 Å². The molecule has 1 aromatic carbocycles. The van der Waals surface area contributed by atoms with E-state index in [4.69, 9.17) is 0 Å². The van der Waals surface area contributed by atoms with Gasteiger partial charge in [-0.3, -0.25) is 4.79 Å². The molecule has 3 N–H and O–H groups in total. The van der Waals surface area contributed by atoms with Gasteiger partial charge in [0.1, 0.15) is 5.60 Å². The summed E-state index contributed by atoms with van der Waals surface area (Å²) in [5.74, 6) is 0.775. The second-order valence-corrected chi connectivity index (χ2v) is 8.66. The third-order valence-corrected chi connectivity index (χ3v) is 6.03. The van der Waals surface area contributed by atoms with Gasteiger partial charge in [0.05, 0.1) is 13.1 Å². The Morgan fingerprint density at radius 3 is 2.53 bits per heavy atom. The van der Waals surface area contributed by atoms with Crippen LogP contribution in [0.5, 0.6) is 0 Å². The van der Waals surface area contributed by atoms with E-state index in [-0.39, 0.29) is 5.91 Å². The Bertz CT molecular complexity index is 825. The topological polar surface area (TPSA) is 77.0 Å². The molecule has 30 heavy (non-hydrogen) atoms. The molecule has 1 aliphatic rings. The Morgan fingerprint density at radius 1 is 1.17 bits per heavy atom. The molecular formula is C23H32N4O2S. The Labute approximate surface area is 183 Å². The second kappa shape index (κ2) is 10.6. The van der Waals surface area contributed by atoms with Crippen LogP contribution in [0.4, 0.5) is 0 Å². The lowest BCUT2D eigenvalue weighted by Gasteiger charge is -2.26. The molecular weight excluding hydrogens is 396 g/mol. The van der Waals surface area contributed by atoms with Crippen molar-refractivity contribution in [3.8, 4) is 0 Å². The van der Waals surface area contributed by atoms with Crippen LogP contribution < -0.4 is 10.6 Å². The molecule has 3 rings (SSSR count). The summed E-state index contributed by atoms with van der Waals surface area (Å²) in [6.45, 7) is 7.11. The molecule has 0 radical (unpaired) electrons. The monoisotopic (exact) mass is 428 g/mol. The minimum Gasteiger partial charge on any atom is -0.384 e. The number of carbonyl (C=O) groups is 1. The van der Waals surface area contributed by atoms with E-state index < -0.39 is 5.60 Å². The predicted molar refractivity (Wildman–Crippen MR) is 123 cm³/mol. The Balaban J connectivity index is 1.58. The SMILES string of the molecule is CCNC(=NCc1ccc(C(=O)N2CCCCC2)cc1)NCC(C)(O)c1ccsc1. The van der Waals surface area contributed by atoms with Crippen LogP contribution in [0.1, 0.15) is 54.6 Å². The largest absolute Gasteiger partial charge is 0.384 e. The van der Waals surface area contributed by atoms with Crippen molar-refractivity contribution >= 4 is 23.2 Å². The number of aliphatic hydroxyl groups is 1. The summed E-state index contributed by atoms with van der Waals surface area (Å²) < 4.78 is 0. The molecule has 1 aliphatic heterocycles. The van der Waals surface area contributed by atoms with Crippen molar-refractivity contribution in [1.29, 1.82) is 0 Å². The number of nitrogens with one attached hydrogen (secondary N) is 2. The van der Waals surface area contributed by atoms with Crippen LogP contribution >= 0.6 is 11.3 Å². The van der Waals surface area contributed by atoms with Gasteiger partial charge in [0.2, 0.25) is 0 Å². The smallest absolute Gasteiger partial charge is 0.253 e. The third kappa shape index (κ3) is 6.06. The third-order valence-electron chi connectivity index (χ3n) is 5.35. The van der Waals surface area contributed by atoms with E-state index in [1.165, 1.54) is 6.42 Å². The summed E-state index contributed by atoms with van der Waals surface area (Å²) in [4.78, 5) is 19.2. The lowest BCUT2D eigenvalue weighted by atomic mass is 9.99. The van der Waals surface area contributed by atoms with E-state index in [9.17, 15) is 9.90 Å². The summed E-state index contributed by atoms with van der Waals surface area (Å²) >= 11 is 1.57. The van der Waals surface area contributed by atoms with Gasteiger partial charge in [-0.1, -0.05) is 12.1 Å². The minimum absolute atomic E-state index is 0.121. The molecule has 1 aromatic heterocycles. The van der Waals surface area contributed by atoms with E-state index in [0.29, 0.717) is 19.0 Å². The summed E-state index contributed by atoms with van der Waals surface area (Å²) in [7, 11) is 0. The van der Waals surface area contributed by atoms with Crippen molar-refractivity contribution in [3.63, 3.8) is 0 Å². The highest BCUT2D eigenvalue weighted by atomic mass is 32.1. The van der Waals surface area contributed by atoms with Crippen LogP contribution in [0, 0.1) is 0 Å². The molecule has 2 heterocycles. The molecule has 0 aliphatic carbocycles. The van der Waals surface area contributed by atoms with Crippen LogP contribution in [0.15, 0.2) is 46.1 Å². The van der Waals surface area contributed by atoms with Gasteiger partial charge < -0.3 is 20.6 Å². The first-order valence-corrected chi connectivity index (χ1v) is 11.6. The Kier molecular flexibility index (Phi) is 7.87. The fourth-order valence-electron chi connectivity index (χ4n) is 3.47. The zero-order valence-electron chi connectivity index (χ0n) is 17.9. The molecule has 1 unspecified atom stereocenters. The van der Waals surface area contributed by atoms with Gasteiger partial charge in [0, 0.05) is 25.2 Å². The van der Waals surface area contributed by atoms with Crippen molar-refractivity contribution in [2.75, 3.05) is 26.2 Å². The lowest BCUT2D eigenvalue weighted by molar-refractivity contribution is 0.0621. The number of rotatable bonds is 7. The normalized spacial score (nSPS) is 16.8. The lowest BCUT2D eigenvalue weighted by Crippen LogP contribution is -2.44. The van der Waals surface area contributed by atoms with Gasteiger partial charge in [0.25, 0.3) is 5.91 Å². The van der Waals surface area contributed by atoms with Gasteiger partial charge in [-0.25, -0.2) is 4.99 Å². The molecule has 0 spiro atoms. The fourth-order valence-corrected chi connectivity index (χ4v) is 4.26. The Morgan fingerprint density at radius 2 is 1.90 bits per heavy atom. The molecule has 1 atom stereocenters. The highest BCUT2D eigenvalue weighted by Crippen LogP contribution is 2.22. The number of piperidine rings is 1. The Hall–Kier alpha value is -2.38. The maximum absolute atomic E-state index is 12.6. The molecule has 1 fully saturated rings. The maximum Gasteiger partial charge on any atom is 0.253 e. The maximum atomic E-state index is 12.6. The number of hydrogen-bond acceptors (Lipinski definition) is 4. The molecule has 1 saturated heterocycles. The number of nitrogens with zero attached hydrogens (tertiary/aromatic N) is 2. The number of guanidine groups is 1. The highest BCUT2D eigenvalue weighted by molar-refractivity contribution is 7.08. The zero-order valence-corrected chi connectivity index (χ0v) is 18.7. The number of thiophene rings is 1. The molecule has 162 valence electrons. The van der Waals surface area contributed by atoms with Crippen molar-refractivity contribution in [2.45, 2.75) is 45.3 Å². The first-order valence-electron chi connectivity index (χ1n) is 10.6. The quantitative estimate of drug-likeness (QED) is 0.467. The summed E-state index contributed by atoms with van der Waals surface area (Å²) in [5, 5.41) is 21.0. The van der Waals surface area contributed by atoms with E-state index >= 15 is 0 Å². The molecule has 0 bridgehead atoms. The first kappa shape index (κ1) is 22.3.